The molecule has 0 aliphatic heterocycles. The van der Waals surface area contributed by atoms with Crippen LogP contribution in [0, 0.1) is 0 Å². The molecule has 138 valence electrons. The molecule has 2 atom stereocenters. The van der Waals surface area contributed by atoms with Gasteiger partial charge in [-0.15, -0.1) is 0 Å². The van der Waals surface area contributed by atoms with Crippen molar-refractivity contribution in [1.82, 2.24) is 0 Å². The van der Waals surface area contributed by atoms with Gasteiger partial charge < -0.3 is 10.6 Å². The second-order valence-corrected chi connectivity index (χ2v) is 6.96. The Morgan fingerprint density at radius 3 is 2.41 bits per heavy atom. The van der Waals surface area contributed by atoms with E-state index < -0.39 is 0 Å². The van der Waals surface area contributed by atoms with Crippen molar-refractivity contribution in [2.24, 2.45) is 0 Å². The maximum Gasteiger partial charge on any atom is 0.282 e. The zero-order valence-corrected chi connectivity index (χ0v) is 15.9. The molecule has 27 heavy (non-hydrogen) atoms. The lowest BCUT2D eigenvalue weighted by Gasteiger charge is -2.18. The number of nitrogens with one attached hydrogen (secondary N) is 1. The van der Waals surface area contributed by atoms with Crippen LogP contribution in [0.4, 0.5) is 5.69 Å². The molecule has 0 unspecified atom stereocenters. The summed E-state index contributed by atoms with van der Waals surface area (Å²) in [5.74, 6) is -0.0990. The van der Waals surface area contributed by atoms with E-state index in [1.807, 2.05) is 19.1 Å². The molecule has 1 amide bonds. The van der Waals surface area contributed by atoms with E-state index in [2.05, 4.69) is 47.9 Å². The van der Waals surface area contributed by atoms with Crippen molar-refractivity contribution >= 4 is 28.2 Å². The topological polar surface area (TPSA) is 62.8 Å². The molecular formula is C23H25N2O2+. The Hall–Kier alpha value is -2.98. The predicted molar refractivity (Wildman–Crippen MR) is 109 cm³/mol. The van der Waals surface area contributed by atoms with E-state index >= 15 is 0 Å². The molecule has 0 fully saturated rings. The SMILES string of the molecule is CC(=O)c1cccc(NC(=O)[C@@H](C)[NH2+][C@@H](C)c2cccc3ccccc23)c1. The Bertz CT molecular complexity index is 976. The molecule has 0 bridgehead atoms. The summed E-state index contributed by atoms with van der Waals surface area (Å²) in [5.41, 5.74) is 2.45. The van der Waals surface area contributed by atoms with Crippen LogP contribution in [0.25, 0.3) is 10.8 Å². The molecule has 3 aromatic rings. The minimum atomic E-state index is -0.264. The molecule has 4 heteroatoms. The van der Waals surface area contributed by atoms with E-state index in [-0.39, 0.29) is 23.8 Å². The molecule has 0 saturated heterocycles. The fourth-order valence-corrected chi connectivity index (χ4v) is 3.34. The zero-order valence-electron chi connectivity index (χ0n) is 15.9. The third-order valence-electron chi connectivity index (χ3n) is 4.84. The van der Waals surface area contributed by atoms with Crippen LogP contribution >= 0.6 is 0 Å². The van der Waals surface area contributed by atoms with Crippen LogP contribution in [0.1, 0.15) is 42.7 Å². The highest BCUT2D eigenvalue weighted by Gasteiger charge is 2.21. The Morgan fingerprint density at radius 1 is 0.926 bits per heavy atom. The van der Waals surface area contributed by atoms with Gasteiger partial charge in [0.2, 0.25) is 0 Å². The number of anilines is 1. The number of rotatable bonds is 6. The lowest BCUT2D eigenvalue weighted by Crippen LogP contribution is -2.91. The highest BCUT2D eigenvalue weighted by Crippen LogP contribution is 2.22. The van der Waals surface area contributed by atoms with Crippen molar-refractivity contribution in [2.45, 2.75) is 32.9 Å². The maximum atomic E-state index is 12.6. The van der Waals surface area contributed by atoms with Crippen molar-refractivity contribution in [3.05, 3.63) is 77.9 Å². The van der Waals surface area contributed by atoms with E-state index in [4.69, 9.17) is 0 Å². The molecular weight excluding hydrogens is 336 g/mol. The van der Waals surface area contributed by atoms with Crippen molar-refractivity contribution in [3.8, 4) is 0 Å². The van der Waals surface area contributed by atoms with Gasteiger partial charge in [-0.1, -0.05) is 54.6 Å². The number of nitrogens with two attached hydrogens (primary N) is 1. The molecule has 0 heterocycles. The van der Waals surface area contributed by atoms with E-state index in [0.29, 0.717) is 11.3 Å². The molecule has 0 radical (unpaired) electrons. The van der Waals surface area contributed by atoms with E-state index in [0.717, 1.165) is 0 Å². The second-order valence-electron chi connectivity index (χ2n) is 6.96. The molecule has 0 aliphatic carbocycles. The Labute approximate surface area is 159 Å². The van der Waals surface area contributed by atoms with Gasteiger partial charge in [-0.3, -0.25) is 9.59 Å². The van der Waals surface area contributed by atoms with E-state index in [1.165, 1.54) is 23.3 Å². The molecule has 3 rings (SSSR count). The number of ketones is 1. The van der Waals surface area contributed by atoms with Gasteiger partial charge in [0.05, 0.1) is 0 Å². The molecule has 3 N–H and O–H groups in total. The first kappa shape index (κ1) is 18.8. The van der Waals surface area contributed by atoms with Crippen LogP contribution in [-0.4, -0.2) is 17.7 Å². The summed E-state index contributed by atoms with van der Waals surface area (Å²) >= 11 is 0. The molecule has 0 aromatic heterocycles. The molecule has 0 aliphatic rings. The average Bonchev–Trinajstić information content (AvgIpc) is 2.67. The standard InChI is InChI=1S/C23H24N2O2/c1-15(21-13-7-9-18-8-4-5-12-22(18)21)24-16(2)23(27)25-20-11-6-10-19(14-20)17(3)26/h4-16,24H,1-3H3,(H,25,27)/p+1/t15-,16+/m0/s1. The summed E-state index contributed by atoms with van der Waals surface area (Å²) in [6.45, 7) is 5.52. The Kier molecular flexibility index (Phi) is 5.67. The number of hydrogen-bond acceptors (Lipinski definition) is 2. The van der Waals surface area contributed by atoms with E-state index in [9.17, 15) is 9.59 Å². The first-order valence-corrected chi connectivity index (χ1v) is 9.20. The lowest BCUT2D eigenvalue weighted by molar-refractivity contribution is -0.709. The summed E-state index contributed by atoms with van der Waals surface area (Å²) in [4.78, 5) is 24.1. The maximum absolute atomic E-state index is 12.6. The van der Waals surface area contributed by atoms with Gasteiger partial charge in [0, 0.05) is 16.8 Å². The number of carbonyl (C=O) groups is 2. The minimum absolute atomic E-state index is 0.0183. The number of Topliss-reactive ketones (excluding diaryl/α,β-unsaturated/α-hetero) is 1. The largest absolute Gasteiger partial charge is 0.330 e. The fourth-order valence-electron chi connectivity index (χ4n) is 3.34. The van der Waals surface area contributed by atoms with Gasteiger partial charge in [-0.2, -0.15) is 0 Å². The zero-order chi connectivity index (χ0) is 19.4. The molecule has 4 nitrogen and oxygen atoms in total. The average molecular weight is 361 g/mol. The number of quaternary nitrogens is 1. The Balaban J connectivity index is 1.70. The van der Waals surface area contributed by atoms with Crippen molar-refractivity contribution in [1.29, 1.82) is 0 Å². The quantitative estimate of drug-likeness (QED) is 0.658. The highest BCUT2D eigenvalue weighted by molar-refractivity contribution is 5.98. The van der Waals surface area contributed by atoms with Crippen molar-refractivity contribution < 1.29 is 14.9 Å². The Morgan fingerprint density at radius 2 is 1.63 bits per heavy atom. The lowest BCUT2D eigenvalue weighted by atomic mass is 9.99. The monoisotopic (exact) mass is 361 g/mol. The van der Waals surface area contributed by atoms with Crippen LogP contribution < -0.4 is 10.6 Å². The number of hydrogen-bond donors (Lipinski definition) is 2. The smallest absolute Gasteiger partial charge is 0.282 e. The first-order chi connectivity index (χ1) is 13.0. The van der Waals surface area contributed by atoms with Crippen LogP contribution in [0.2, 0.25) is 0 Å². The van der Waals surface area contributed by atoms with Gasteiger partial charge >= 0.3 is 0 Å². The van der Waals surface area contributed by atoms with Crippen LogP contribution in [0.3, 0.4) is 0 Å². The summed E-state index contributed by atoms with van der Waals surface area (Å²) in [6.07, 6.45) is 0. The second kappa shape index (κ2) is 8.14. The highest BCUT2D eigenvalue weighted by atomic mass is 16.2. The van der Waals surface area contributed by atoms with Crippen LogP contribution in [-0.2, 0) is 4.79 Å². The predicted octanol–water partition coefficient (Wildman–Crippen LogP) is 3.69. The van der Waals surface area contributed by atoms with E-state index in [1.54, 1.807) is 24.3 Å². The first-order valence-electron chi connectivity index (χ1n) is 9.20. The number of carbonyl (C=O) groups excluding carboxylic acids is 2. The normalized spacial score (nSPS) is 13.1. The van der Waals surface area contributed by atoms with Gasteiger partial charge in [-0.25, -0.2) is 0 Å². The van der Waals surface area contributed by atoms with Crippen molar-refractivity contribution in [3.63, 3.8) is 0 Å². The van der Waals surface area contributed by atoms with Gasteiger partial charge in [0.25, 0.3) is 5.91 Å². The molecule has 3 aromatic carbocycles. The molecule has 0 spiro atoms. The third-order valence-corrected chi connectivity index (χ3v) is 4.84. The summed E-state index contributed by atoms with van der Waals surface area (Å²) < 4.78 is 0. The van der Waals surface area contributed by atoms with Crippen LogP contribution in [0.15, 0.2) is 66.7 Å². The molecule has 0 saturated carbocycles. The number of amides is 1. The third kappa shape index (κ3) is 4.41. The van der Waals surface area contributed by atoms with Crippen LogP contribution in [0.5, 0.6) is 0 Å². The number of fused-ring (bicyclic) bond motifs is 1. The summed E-state index contributed by atoms with van der Waals surface area (Å²) in [7, 11) is 0. The van der Waals surface area contributed by atoms with Gasteiger partial charge in [0.1, 0.15) is 6.04 Å². The summed E-state index contributed by atoms with van der Waals surface area (Å²) in [6, 6.07) is 21.5. The van der Waals surface area contributed by atoms with Gasteiger partial charge in [0.15, 0.2) is 11.8 Å². The fraction of sp³-hybridized carbons (Fsp3) is 0.217. The summed E-state index contributed by atoms with van der Waals surface area (Å²) in [5, 5.41) is 7.39. The number of benzene rings is 3. The minimum Gasteiger partial charge on any atom is -0.330 e. The van der Waals surface area contributed by atoms with Gasteiger partial charge in [-0.05, 0) is 43.7 Å². The van der Waals surface area contributed by atoms with Crippen molar-refractivity contribution in [2.75, 3.05) is 5.32 Å².